The molecule has 0 aliphatic heterocycles. The average molecular weight is 481 g/mol. The van der Waals surface area contributed by atoms with E-state index in [4.69, 9.17) is 4.74 Å². The number of aliphatic carboxylic acids is 1. The highest BCUT2D eigenvalue weighted by atomic mass is 16.5. The zero-order chi connectivity index (χ0) is 24.9. The molecule has 0 radical (unpaired) electrons. The lowest BCUT2D eigenvalue weighted by molar-refractivity contribution is -0.149. The molecule has 0 unspecified atom stereocenters. The zero-order valence-corrected chi connectivity index (χ0v) is 19.4. The van der Waals surface area contributed by atoms with Crippen LogP contribution in [0.15, 0.2) is 48.5 Å². The first-order valence-electron chi connectivity index (χ1n) is 11.6. The monoisotopic (exact) mass is 480 g/mol. The Labute approximate surface area is 202 Å². The number of nitrogens with one attached hydrogen (secondary N) is 2. The first kappa shape index (κ1) is 24.3. The molecule has 3 N–H and O–H groups in total. The molecule has 2 amide bonds. The number of carboxylic acids is 1. The lowest BCUT2D eigenvalue weighted by Gasteiger charge is -2.18. The quantitative estimate of drug-likeness (QED) is 0.495. The molecule has 184 valence electrons. The Morgan fingerprint density at radius 1 is 1.00 bits per heavy atom. The van der Waals surface area contributed by atoms with E-state index in [-0.39, 0.29) is 18.6 Å². The zero-order valence-electron chi connectivity index (χ0n) is 19.4. The number of hydrogen-bond acceptors (Lipinski definition) is 6. The summed E-state index contributed by atoms with van der Waals surface area (Å²) in [5.41, 5.74) is 4.54. The van der Waals surface area contributed by atoms with Crippen LogP contribution in [0.25, 0.3) is 11.1 Å². The summed E-state index contributed by atoms with van der Waals surface area (Å²) < 4.78 is 10.1. The van der Waals surface area contributed by atoms with Crippen molar-refractivity contribution in [2.24, 2.45) is 5.92 Å². The Hall–Kier alpha value is -3.88. The van der Waals surface area contributed by atoms with Gasteiger partial charge in [0.05, 0.1) is 13.5 Å². The van der Waals surface area contributed by atoms with Crippen LogP contribution in [0.1, 0.15) is 42.7 Å². The molecule has 0 bridgehead atoms. The van der Waals surface area contributed by atoms with Crippen molar-refractivity contribution in [1.29, 1.82) is 0 Å². The fraction of sp³-hybridized carbons (Fsp3) is 0.385. The fourth-order valence-electron chi connectivity index (χ4n) is 4.90. The molecule has 3 atom stereocenters. The van der Waals surface area contributed by atoms with Gasteiger partial charge in [-0.3, -0.25) is 9.59 Å². The molecule has 2 aromatic carbocycles. The molecule has 4 rings (SSSR count). The van der Waals surface area contributed by atoms with Crippen molar-refractivity contribution >= 4 is 23.9 Å². The van der Waals surface area contributed by atoms with E-state index < -0.39 is 42.3 Å². The van der Waals surface area contributed by atoms with Gasteiger partial charge < -0.3 is 25.2 Å². The minimum absolute atomic E-state index is 0.0435. The van der Waals surface area contributed by atoms with Gasteiger partial charge in [-0.2, -0.15) is 0 Å². The number of esters is 1. The van der Waals surface area contributed by atoms with E-state index in [0.29, 0.717) is 19.3 Å². The minimum Gasteiger partial charge on any atom is -0.480 e. The number of ether oxygens (including phenoxy) is 2. The highest BCUT2D eigenvalue weighted by Crippen LogP contribution is 2.44. The average Bonchev–Trinajstić information content (AvgIpc) is 3.45. The van der Waals surface area contributed by atoms with E-state index >= 15 is 0 Å². The Bertz CT molecular complexity index is 1090. The molecule has 1 fully saturated rings. The van der Waals surface area contributed by atoms with Gasteiger partial charge in [0, 0.05) is 17.9 Å². The SMILES string of the molecule is COC(=O)C[C@@H](NC(=O)[C@@H]1CC[C@H](NC(=O)OCC2c3ccccc3-c3ccccc32)C1)C(=O)O. The standard InChI is InChI=1S/C26H28N2O7/c1-34-23(29)13-22(25(31)32)28-24(30)15-10-11-16(12-15)27-26(33)35-14-21-19-8-4-2-6-17(19)18-7-3-5-9-20(18)21/h2-9,15-16,21-22H,10-14H2,1H3,(H,27,33)(H,28,30)(H,31,32)/t15-,16+,22-/m1/s1. The number of hydrogen-bond donors (Lipinski definition) is 3. The van der Waals surface area contributed by atoms with Crippen LogP contribution in [0.2, 0.25) is 0 Å². The number of carboxylic acid groups (broad SMARTS) is 1. The van der Waals surface area contributed by atoms with Gasteiger partial charge in [-0.25, -0.2) is 9.59 Å². The van der Waals surface area contributed by atoms with Crippen molar-refractivity contribution in [3.8, 4) is 11.1 Å². The number of rotatable bonds is 8. The van der Waals surface area contributed by atoms with Gasteiger partial charge in [-0.1, -0.05) is 48.5 Å². The summed E-state index contributed by atoms with van der Waals surface area (Å²) in [6, 6.07) is 14.5. The summed E-state index contributed by atoms with van der Waals surface area (Å²) in [7, 11) is 1.15. The van der Waals surface area contributed by atoms with Crippen LogP contribution >= 0.6 is 0 Å². The smallest absolute Gasteiger partial charge is 0.407 e. The molecular formula is C26H28N2O7. The molecule has 9 nitrogen and oxygen atoms in total. The van der Waals surface area contributed by atoms with E-state index in [1.165, 1.54) is 0 Å². The molecule has 2 aromatic rings. The van der Waals surface area contributed by atoms with Gasteiger partial charge in [0.1, 0.15) is 12.6 Å². The van der Waals surface area contributed by atoms with Gasteiger partial charge in [0.15, 0.2) is 0 Å². The lowest BCUT2D eigenvalue weighted by atomic mass is 9.98. The summed E-state index contributed by atoms with van der Waals surface area (Å²) in [5.74, 6) is -3.00. The molecule has 0 spiro atoms. The van der Waals surface area contributed by atoms with Crippen molar-refractivity contribution in [3.63, 3.8) is 0 Å². The normalized spacial score (nSPS) is 19.2. The molecule has 2 aliphatic carbocycles. The van der Waals surface area contributed by atoms with Crippen LogP contribution in [0.4, 0.5) is 4.79 Å². The molecule has 1 saturated carbocycles. The van der Waals surface area contributed by atoms with E-state index in [1.54, 1.807) is 0 Å². The number of carbonyl (C=O) groups is 4. The number of benzene rings is 2. The van der Waals surface area contributed by atoms with Gasteiger partial charge >= 0.3 is 18.0 Å². The number of alkyl carbamates (subject to hydrolysis) is 1. The molecule has 9 heteroatoms. The minimum atomic E-state index is -1.36. The van der Waals surface area contributed by atoms with Crippen LogP contribution in [-0.2, 0) is 23.9 Å². The first-order chi connectivity index (χ1) is 16.9. The van der Waals surface area contributed by atoms with Crippen molar-refractivity contribution in [2.75, 3.05) is 13.7 Å². The lowest BCUT2D eigenvalue weighted by Crippen LogP contribution is -2.45. The van der Waals surface area contributed by atoms with E-state index in [2.05, 4.69) is 27.5 Å². The molecule has 0 saturated heterocycles. The van der Waals surface area contributed by atoms with E-state index in [1.807, 2.05) is 36.4 Å². The highest BCUT2D eigenvalue weighted by molar-refractivity contribution is 5.88. The fourth-order valence-corrected chi connectivity index (χ4v) is 4.90. The number of fused-ring (bicyclic) bond motifs is 3. The largest absolute Gasteiger partial charge is 0.480 e. The van der Waals surface area contributed by atoms with Gasteiger partial charge in [-0.05, 0) is 41.5 Å². The van der Waals surface area contributed by atoms with Crippen LogP contribution in [0.5, 0.6) is 0 Å². The van der Waals surface area contributed by atoms with Crippen LogP contribution in [0, 0.1) is 5.92 Å². The van der Waals surface area contributed by atoms with Crippen molar-refractivity contribution in [1.82, 2.24) is 10.6 Å². The van der Waals surface area contributed by atoms with Crippen LogP contribution in [0.3, 0.4) is 0 Å². The predicted octanol–water partition coefficient (Wildman–Crippen LogP) is 2.83. The Balaban J connectivity index is 1.28. The third kappa shape index (κ3) is 5.45. The second-order valence-electron chi connectivity index (χ2n) is 8.86. The maximum Gasteiger partial charge on any atom is 0.407 e. The summed E-state index contributed by atoms with van der Waals surface area (Å²) >= 11 is 0. The van der Waals surface area contributed by atoms with Gasteiger partial charge in [-0.15, -0.1) is 0 Å². The molecule has 2 aliphatic rings. The molecule has 0 heterocycles. The first-order valence-corrected chi connectivity index (χ1v) is 11.6. The third-order valence-electron chi connectivity index (χ3n) is 6.68. The molecule has 0 aromatic heterocycles. The van der Waals surface area contributed by atoms with Gasteiger partial charge in [0.25, 0.3) is 0 Å². The second-order valence-corrected chi connectivity index (χ2v) is 8.86. The van der Waals surface area contributed by atoms with Crippen molar-refractivity contribution in [3.05, 3.63) is 59.7 Å². The maximum atomic E-state index is 12.5. The van der Waals surface area contributed by atoms with Crippen molar-refractivity contribution < 1.29 is 33.8 Å². The Morgan fingerprint density at radius 2 is 1.63 bits per heavy atom. The Morgan fingerprint density at radius 3 is 2.23 bits per heavy atom. The van der Waals surface area contributed by atoms with Crippen molar-refractivity contribution in [2.45, 2.75) is 43.7 Å². The summed E-state index contributed by atoms with van der Waals surface area (Å²) in [5, 5.41) is 14.5. The second kappa shape index (κ2) is 10.6. The van der Waals surface area contributed by atoms with Gasteiger partial charge in [0.2, 0.25) is 5.91 Å². The number of amides is 2. The summed E-state index contributed by atoms with van der Waals surface area (Å²) in [6.45, 7) is 0.199. The third-order valence-corrected chi connectivity index (χ3v) is 6.68. The summed E-state index contributed by atoms with van der Waals surface area (Å²) in [6.07, 6.45) is 0.417. The number of methoxy groups -OCH3 is 1. The Kier molecular flexibility index (Phi) is 7.33. The summed E-state index contributed by atoms with van der Waals surface area (Å²) in [4.78, 5) is 47.8. The highest BCUT2D eigenvalue weighted by Gasteiger charge is 2.34. The molecule has 35 heavy (non-hydrogen) atoms. The maximum absolute atomic E-state index is 12.5. The van der Waals surface area contributed by atoms with E-state index in [0.717, 1.165) is 29.4 Å². The number of carbonyl (C=O) groups excluding carboxylic acids is 3. The predicted molar refractivity (Wildman–Crippen MR) is 126 cm³/mol. The topological polar surface area (TPSA) is 131 Å². The van der Waals surface area contributed by atoms with E-state index in [9.17, 15) is 24.3 Å². The van der Waals surface area contributed by atoms with Crippen LogP contribution in [-0.4, -0.2) is 54.8 Å². The molecular weight excluding hydrogens is 452 g/mol. The van der Waals surface area contributed by atoms with Crippen LogP contribution < -0.4 is 10.6 Å².